The first-order valence-corrected chi connectivity index (χ1v) is 5.25. The number of carbonyl (C=O) groups excluding carboxylic acids is 2. The zero-order valence-corrected chi connectivity index (χ0v) is 8.69. The molecule has 1 aromatic rings. The maximum Gasteiger partial charge on any atom is 0.192 e. The molecule has 1 aliphatic rings. The van der Waals surface area contributed by atoms with Gasteiger partial charge in [-0.05, 0) is 24.5 Å². The lowest BCUT2D eigenvalue weighted by Crippen LogP contribution is -2.20. The van der Waals surface area contributed by atoms with Gasteiger partial charge in [0.15, 0.2) is 5.78 Å². The molecule has 1 heterocycles. The molecule has 0 N–H and O–H groups in total. The molecule has 2 rings (SSSR count). The van der Waals surface area contributed by atoms with E-state index in [1.54, 1.807) is 12.3 Å². The second-order valence-corrected chi connectivity index (χ2v) is 3.85. The molecule has 3 nitrogen and oxygen atoms in total. The SMILES string of the molecule is CCCC(=O)C1Cc2cccnc2C1=O. The van der Waals surface area contributed by atoms with Crippen LogP contribution in [0.2, 0.25) is 0 Å². The lowest BCUT2D eigenvalue weighted by atomic mass is 9.97. The van der Waals surface area contributed by atoms with Crippen LogP contribution in [-0.2, 0) is 11.2 Å². The van der Waals surface area contributed by atoms with Gasteiger partial charge in [-0.15, -0.1) is 0 Å². The monoisotopic (exact) mass is 203 g/mol. The van der Waals surface area contributed by atoms with Gasteiger partial charge in [-0.3, -0.25) is 14.6 Å². The summed E-state index contributed by atoms with van der Waals surface area (Å²) in [5.74, 6) is -0.501. The summed E-state index contributed by atoms with van der Waals surface area (Å²) in [5, 5.41) is 0. The van der Waals surface area contributed by atoms with Crippen LogP contribution in [0.25, 0.3) is 0 Å². The normalized spacial score (nSPS) is 19.0. The fourth-order valence-corrected chi connectivity index (χ4v) is 1.98. The van der Waals surface area contributed by atoms with Crippen LogP contribution in [0.1, 0.15) is 35.8 Å². The van der Waals surface area contributed by atoms with E-state index in [4.69, 9.17) is 0 Å². The second kappa shape index (κ2) is 3.93. The Balaban J connectivity index is 2.24. The maximum atomic E-state index is 11.8. The van der Waals surface area contributed by atoms with E-state index in [1.807, 2.05) is 13.0 Å². The van der Waals surface area contributed by atoms with E-state index in [0.717, 1.165) is 12.0 Å². The first kappa shape index (κ1) is 10.0. The molecule has 0 amide bonds. The number of carbonyl (C=O) groups is 2. The van der Waals surface area contributed by atoms with E-state index < -0.39 is 5.92 Å². The number of rotatable bonds is 3. The highest BCUT2D eigenvalue weighted by atomic mass is 16.2. The van der Waals surface area contributed by atoms with E-state index in [9.17, 15) is 9.59 Å². The van der Waals surface area contributed by atoms with Crippen molar-refractivity contribution in [2.75, 3.05) is 0 Å². The Morgan fingerprint density at radius 3 is 3.07 bits per heavy atom. The Bertz CT molecular complexity index is 412. The molecule has 1 aromatic heterocycles. The fraction of sp³-hybridized carbons (Fsp3) is 0.417. The molecule has 1 unspecified atom stereocenters. The largest absolute Gasteiger partial charge is 0.299 e. The van der Waals surface area contributed by atoms with Crippen molar-refractivity contribution in [3.05, 3.63) is 29.6 Å². The van der Waals surface area contributed by atoms with Crippen molar-refractivity contribution in [3.63, 3.8) is 0 Å². The summed E-state index contributed by atoms with van der Waals surface area (Å²) in [6.07, 6.45) is 3.43. The number of ketones is 2. The Kier molecular flexibility index (Phi) is 2.62. The Morgan fingerprint density at radius 1 is 1.60 bits per heavy atom. The molecule has 1 atom stereocenters. The van der Waals surface area contributed by atoms with Gasteiger partial charge >= 0.3 is 0 Å². The van der Waals surface area contributed by atoms with Crippen LogP contribution in [0.15, 0.2) is 18.3 Å². The van der Waals surface area contributed by atoms with Crippen molar-refractivity contribution in [1.29, 1.82) is 0 Å². The lowest BCUT2D eigenvalue weighted by Gasteiger charge is -2.04. The number of fused-ring (bicyclic) bond motifs is 1. The van der Waals surface area contributed by atoms with Crippen LogP contribution in [0.3, 0.4) is 0 Å². The van der Waals surface area contributed by atoms with E-state index in [0.29, 0.717) is 18.5 Å². The van der Waals surface area contributed by atoms with Gasteiger partial charge in [0.05, 0.1) is 5.92 Å². The van der Waals surface area contributed by atoms with Crippen molar-refractivity contribution in [2.45, 2.75) is 26.2 Å². The van der Waals surface area contributed by atoms with Gasteiger partial charge < -0.3 is 0 Å². The first-order chi connectivity index (χ1) is 7.24. The third kappa shape index (κ3) is 1.69. The molecule has 0 saturated carbocycles. The molecule has 0 aliphatic heterocycles. The minimum absolute atomic E-state index is 0.0560. The van der Waals surface area contributed by atoms with Crippen LogP contribution in [0.5, 0.6) is 0 Å². The van der Waals surface area contributed by atoms with Gasteiger partial charge in [-0.25, -0.2) is 0 Å². The van der Waals surface area contributed by atoms with Crippen molar-refractivity contribution >= 4 is 11.6 Å². The van der Waals surface area contributed by atoms with Gasteiger partial charge in [0.1, 0.15) is 11.5 Å². The minimum atomic E-state index is -0.463. The summed E-state index contributed by atoms with van der Waals surface area (Å²) in [6, 6.07) is 3.68. The highest BCUT2D eigenvalue weighted by Crippen LogP contribution is 2.26. The van der Waals surface area contributed by atoms with Gasteiger partial charge in [0, 0.05) is 12.6 Å². The van der Waals surface area contributed by atoms with E-state index >= 15 is 0 Å². The molecule has 0 bridgehead atoms. The van der Waals surface area contributed by atoms with E-state index in [2.05, 4.69) is 4.98 Å². The number of aromatic nitrogens is 1. The number of nitrogens with zero attached hydrogens (tertiary/aromatic N) is 1. The molecule has 0 radical (unpaired) electrons. The molecular weight excluding hydrogens is 190 g/mol. The standard InChI is InChI=1S/C12H13NO2/c1-2-4-10(14)9-7-8-5-3-6-13-11(8)12(9)15/h3,5-6,9H,2,4,7H2,1H3. The van der Waals surface area contributed by atoms with Crippen molar-refractivity contribution in [2.24, 2.45) is 5.92 Å². The minimum Gasteiger partial charge on any atom is -0.299 e. The Labute approximate surface area is 88.5 Å². The summed E-state index contributed by atoms with van der Waals surface area (Å²) in [7, 11) is 0. The quantitative estimate of drug-likeness (QED) is 0.704. The zero-order valence-electron chi connectivity index (χ0n) is 8.69. The second-order valence-electron chi connectivity index (χ2n) is 3.85. The van der Waals surface area contributed by atoms with Crippen LogP contribution in [0.4, 0.5) is 0 Å². The summed E-state index contributed by atoms with van der Waals surface area (Å²) >= 11 is 0. The summed E-state index contributed by atoms with van der Waals surface area (Å²) in [6.45, 7) is 1.95. The van der Waals surface area contributed by atoms with E-state index in [-0.39, 0.29) is 11.6 Å². The highest BCUT2D eigenvalue weighted by Gasteiger charge is 2.35. The molecule has 0 saturated heterocycles. The predicted molar refractivity (Wildman–Crippen MR) is 55.7 cm³/mol. The average Bonchev–Trinajstić information content (AvgIpc) is 2.57. The maximum absolute atomic E-state index is 11.8. The first-order valence-electron chi connectivity index (χ1n) is 5.25. The summed E-state index contributed by atoms with van der Waals surface area (Å²) < 4.78 is 0. The number of hydrogen-bond acceptors (Lipinski definition) is 3. The van der Waals surface area contributed by atoms with Crippen molar-refractivity contribution in [1.82, 2.24) is 4.98 Å². The zero-order chi connectivity index (χ0) is 10.8. The Morgan fingerprint density at radius 2 is 2.40 bits per heavy atom. The van der Waals surface area contributed by atoms with Crippen LogP contribution in [0, 0.1) is 5.92 Å². The number of pyridine rings is 1. The smallest absolute Gasteiger partial charge is 0.192 e. The average molecular weight is 203 g/mol. The molecule has 0 fully saturated rings. The third-order valence-electron chi connectivity index (χ3n) is 2.75. The summed E-state index contributed by atoms with van der Waals surface area (Å²) in [4.78, 5) is 27.5. The molecule has 1 aliphatic carbocycles. The molecule has 15 heavy (non-hydrogen) atoms. The topological polar surface area (TPSA) is 47.0 Å². The molecule has 3 heteroatoms. The number of hydrogen-bond donors (Lipinski definition) is 0. The van der Waals surface area contributed by atoms with Gasteiger partial charge in [-0.2, -0.15) is 0 Å². The molecule has 0 spiro atoms. The predicted octanol–water partition coefficient (Wildman–Crippen LogP) is 1.81. The number of Topliss-reactive ketones (excluding diaryl/α,β-unsaturated/α-hetero) is 2. The lowest BCUT2D eigenvalue weighted by molar-refractivity contribution is -0.121. The van der Waals surface area contributed by atoms with E-state index in [1.165, 1.54) is 0 Å². The van der Waals surface area contributed by atoms with Crippen molar-refractivity contribution in [3.8, 4) is 0 Å². The van der Waals surface area contributed by atoms with Crippen molar-refractivity contribution < 1.29 is 9.59 Å². The molecule has 78 valence electrons. The van der Waals surface area contributed by atoms with Gasteiger partial charge in [-0.1, -0.05) is 13.0 Å². The fourth-order valence-electron chi connectivity index (χ4n) is 1.98. The summed E-state index contributed by atoms with van der Waals surface area (Å²) in [5.41, 5.74) is 1.41. The van der Waals surface area contributed by atoms with Gasteiger partial charge in [0.25, 0.3) is 0 Å². The molecular formula is C12H13NO2. The van der Waals surface area contributed by atoms with Gasteiger partial charge in [0.2, 0.25) is 0 Å². The Hall–Kier alpha value is -1.51. The molecule has 0 aromatic carbocycles. The van der Waals surface area contributed by atoms with Crippen LogP contribution < -0.4 is 0 Å². The highest BCUT2D eigenvalue weighted by molar-refractivity contribution is 6.12. The van der Waals surface area contributed by atoms with Crippen LogP contribution >= 0.6 is 0 Å². The van der Waals surface area contributed by atoms with Crippen LogP contribution in [-0.4, -0.2) is 16.6 Å². The third-order valence-corrected chi connectivity index (χ3v) is 2.75.